The van der Waals surface area contributed by atoms with E-state index in [9.17, 15) is 14.9 Å². The SMILES string of the molecule is COc1ccc(-c2nc(CN3CCN(C(=O)c4ccc(NC5CC5)c([N+](=O)[O-])c4)CC3)cs2)cc1. The number of rotatable bonds is 8. The molecule has 2 fully saturated rings. The van der Waals surface area contributed by atoms with Gasteiger partial charge in [0.25, 0.3) is 11.6 Å². The second-order valence-corrected chi connectivity index (χ2v) is 9.71. The molecule has 1 N–H and O–H groups in total. The molecule has 182 valence electrons. The normalized spacial score (nSPS) is 16.2. The highest BCUT2D eigenvalue weighted by molar-refractivity contribution is 7.13. The summed E-state index contributed by atoms with van der Waals surface area (Å²) in [6.07, 6.45) is 2.04. The number of benzene rings is 2. The number of carbonyl (C=O) groups excluding carboxylic acids is 1. The van der Waals surface area contributed by atoms with Gasteiger partial charge >= 0.3 is 0 Å². The molecule has 1 saturated heterocycles. The monoisotopic (exact) mass is 493 g/mol. The lowest BCUT2D eigenvalue weighted by atomic mass is 10.1. The number of hydrogen-bond donors (Lipinski definition) is 1. The van der Waals surface area contributed by atoms with Crippen molar-refractivity contribution < 1.29 is 14.5 Å². The molecule has 35 heavy (non-hydrogen) atoms. The fourth-order valence-corrected chi connectivity index (χ4v) is 4.97. The maximum absolute atomic E-state index is 13.0. The molecule has 0 atom stereocenters. The van der Waals surface area contributed by atoms with Gasteiger partial charge in [-0.1, -0.05) is 0 Å². The van der Waals surface area contributed by atoms with Crippen molar-refractivity contribution >= 4 is 28.6 Å². The van der Waals surface area contributed by atoms with Crippen LogP contribution in [0.5, 0.6) is 5.75 Å². The Morgan fingerprint density at radius 1 is 1.17 bits per heavy atom. The molecule has 1 aliphatic heterocycles. The van der Waals surface area contributed by atoms with Gasteiger partial charge in [-0.2, -0.15) is 0 Å². The van der Waals surface area contributed by atoms with Crippen LogP contribution >= 0.6 is 11.3 Å². The average Bonchev–Trinajstić information content (AvgIpc) is 3.58. The van der Waals surface area contributed by atoms with Gasteiger partial charge in [0.2, 0.25) is 0 Å². The first kappa shape index (κ1) is 23.3. The van der Waals surface area contributed by atoms with E-state index in [4.69, 9.17) is 9.72 Å². The summed E-state index contributed by atoms with van der Waals surface area (Å²) in [5.74, 6) is 0.652. The highest BCUT2D eigenvalue weighted by atomic mass is 32.1. The number of methoxy groups -OCH3 is 1. The van der Waals surface area contributed by atoms with E-state index in [1.807, 2.05) is 24.3 Å². The van der Waals surface area contributed by atoms with Crippen LogP contribution in [0.4, 0.5) is 11.4 Å². The molecule has 1 aromatic heterocycles. The van der Waals surface area contributed by atoms with Crippen LogP contribution in [0.1, 0.15) is 28.9 Å². The Bertz CT molecular complexity index is 1220. The van der Waals surface area contributed by atoms with Gasteiger partial charge in [0.15, 0.2) is 0 Å². The zero-order valence-corrected chi connectivity index (χ0v) is 20.3. The summed E-state index contributed by atoms with van der Waals surface area (Å²) in [6, 6.07) is 12.9. The lowest BCUT2D eigenvalue weighted by Gasteiger charge is -2.34. The first-order chi connectivity index (χ1) is 17.0. The molecule has 2 aliphatic rings. The third kappa shape index (κ3) is 5.44. The van der Waals surface area contributed by atoms with Crippen molar-refractivity contribution in [2.24, 2.45) is 0 Å². The molecule has 0 radical (unpaired) electrons. The lowest BCUT2D eigenvalue weighted by molar-refractivity contribution is -0.384. The quantitative estimate of drug-likeness (QED) is 0.370. The number of amides is 1. The summed E-state index contributed by atoms with van der Waals surface area (Å²) >= 11 is 1.62. The first-order valence-corrected chi connectivity index (χ1v) is 12.5. The maximum Gasteiger partial charge on any atom is 0.293 e. The Morgan fingerprint density at radius 2 is 1.91 bits per heavy atom. The van der Waals surface area contributed by atoms with Crippen LogP contribution in [-0.2, 0) is 6.54 Å². The van der Waals surface area contributed by atoms with E-state index in [1.165, 1.54) is 6.07 Å². The van der Waals surface area contributed by atoms with E-state index in [2.05, 4.69) is 15.6 Å². The summed E-state index contributed by atoms with van der Waals surface area (Å²) in [6.45, 7) is 3.32. The van der Waals surface area contributed by atoms with Crippen molar-refractivity contribution in [2.75, 3.05) is 38.6 Å². The molecule has 3 aromatic rings. The standard InChI is InChI=1S/C25H27N5O4S/c1-34-21-7-2-17(3-8-21)24-27-20(16-35-24)15-28-10-12-29(13-11-28)25(31)18-4-9-22(26-19-5-6-19)23(14-18)30(32)33/h2-4,7-9,14,16,19,26H,5-6,10-13,15H2,1H3. The third-order valence-electron chi connectivity index (χ3n) is 6.31. The molecule has 0 unspecified atom stereocenters. The van der Waals surface area contributed by atoms with Crippen molar-refractivity contribution in [1.82, 2.24) is 14.8 Å². The summed E-state index contributed by atoms with van der Waals surface area (Å²) in [5.41, 5.74) is 2.86. The van der Waals surface area contributed by atoms with Gasteiger partial charge in [-0.3, -0.25) is 19.8 Å². The molecule has 0 bridgehead atoms. The summed E-state index contributed by atoms with van der Waals surface area (Å²) in [7, 11) is 1.65. The number of piperazine rings is 1. The molecule has 1 saturated carbocycles. The largest absolute Gasteiger partial charge is 0.497 e. The van der Waals surface area contributed by atoms with E-state index >= 15 is 0 Å². The fourth-order valence-electron chi connectivity index (χ4n) is 4.15. The highest BCUT2D eigenvalue weighted by Gasteiger charge is 2.28. The zero-order valence-electron chi connectivity index (χ0n) is 19.5. The van der Waals surface area contributed by atoms with Gasteiger partial charge in [0.1, 0.15) is 16.4 Å². The molecule has 2 heterocycles. The Kier molecular flexibility index (Phi) is 6.65. The number of nitro benzene ring substituents is 1. The van der Waals surface area contributed by atoms with Crippen LogP contribution in [0.15, 0.2) is 47.8 Å². The lowest BCUT2D eigenvalue weighted by Crippen LogP contribution is -2.48. The molecule has 1 amide bonds. The predicted molar refractivity (Wildman–Crippen MR) is 135 cm³/mol. The summed E-state index contributed by atoms with van der Waals surface area (Å²) < 4.78 is 5.22. The summed E-state index contributed by atoms with van der Waals surface area (Å²) in [5, 5.41) is 17.8. The van der Waals surface area contributed by atoms with Gasteiger partial charge in [-0.05, 0) is 49.2 Å². The van der Waals surface area contributed by atoms with Crippen LogP contribution in [0.2, 0.25) is 0 Å². The van der Waals surface area contributed by atoms with Gasteiger partial charge in [0, 0.05) is 61.3 Å². The molecule has 1 aliphatic carbocycles. The van der Waals surface area contributed by atoms with Crippen molar-refractivity contribution in [2.45, 2.75) is 25.4 Å². The van der Waals surface area contributed by atoms with Crippen molar-refractivity contribution in [3.8, 4) is 16.3 Å². The second kappa shape index (κ2) is 10.0. The fraction of sp³-hybridized carbons (Fsp3) is 0.360. The maximum atomic E-state index is 13.0. The number of nitrogens with one attached hydrogen (secondary N) is 1. The first-order valence-electron chi connectivity index (χ1n) is 11.7. The molecular weight excluding hydrogens is 466 g/mol. The number of ether oxygens (including phenoxy) is 1. The molecule has 0 spiro atoms. The van der Waals surface area contributed by atoms with Crippen LogP contribution in [0.25, 0.3) is 10.6 Å². The van der Waals surface area contributed by atoms with Gasteiger partial charge < -0.3 is 15.0 Å². The van der Waals surface area contributed by atoms with Crippen LogP contribution in [0, 0.1) is 10.1 Å². The van der Waals surface area contributed by atoms with E-state index in [0.29, 0.717) is 30.4 Å². The van der Waals surface area contributed by atoms with E-state index in [-0.39, 0.29) is 11.6 Å². The zero-order chi connectivity index (χ0) is 24.4. The predicted octanol–water partition coefficient (Wildman–Crippen LogP) is 4.26. The minimum Gasteiger partial charge on any atom is -0.497 e. The second-order valence-electron chi connectivity index (χ2n) is 8.85. The molecule has 2 aromatic carbocycles. The van der Waals surface area contributed by atoms with Crippen molar-refractivity contribution in [3.05, 3.63) is 69.2 Å². The van der Waals surface area contributed by atoms with E-state index < -0.39 is 4.92 Å². The van der Waals surface area contributed by atoms with Gasteiger partial charge in [-0.15, -0.1) is 11.3 Å². The molecule has 10 heteroatoms. The number of hydrogen-bond acceptors (Lipinski definition) is 8. The van der Waals surface area contributed by atoms with Crippen molar-refractivity contribution in [3.63, 3.8) is 0 Å². The summed E-state index contributed by atoms with van der Waals surface area (Å²) in [4.78, 5) is 33.0. The number of thiazole rings is 1. The van der Waals surface area contributed by atoms with E-state index in [0.717, 1.165) is 54.5 Å². The number of carbonyl (C=O) groups is 1. The minimum atomic E-state index is -0.423. The van der Waals surface area contributed by atoms with E-state index in [1.54, 1.807) is 35.5 Å². The Labute approximate surface area is 207 Å². The highest BCUT2D eigenvalue weighted by Crippen LogP contribution is 2.32. The van der Waals surface area contributed by atoms with Crippen molar-refractivity contribution in [1.29, 1.82) is 0 Å². The smallest absolute Gasteiger partial charge is 0.293 e. The minimum absolute atomic E-state index is 0.0439. The topological polar surface area (TPSA) is 101 Å². The average molecular weight is 494 g/mol. The number of aromatic nitrogens is 1. The Morgan fingerprint density at radius 3 is 2.57 bits per heavy atom. The Hall–Kier alpha value is -3.50. The van der Waals surface area contributed by atoms with Gasteiger partial charge in [0.05, 0.1) is 17.7 Å². The van der Waals surface area contributed by atoms with Gasteiger partial charge in [-0.25, -0.2) is 4.98 Å². The molecule has 5 rings (SSSR count). The van der Waals surface area contributed by atoms with Crippen LogP contribution in [-0.4, -0.2) is 64.9 Å². The third-order valence-corrected chi connectivity index (χ3v) is 7.25. The van der Waals surface area contributed by atoms with Crippen LogP contribution in [0.3, 0.4) is 0 Å². The number of nitrogens with zero attached hydrogens (tertiary/aromatic N) is 4. The Balaban J connectivity index is 1.17. The number of anilines is 1. The van der Waals surface area contributed by atoms with Crippen LogP contribution < -0.4 is 10.1 Å². The molecular formula is C25H27N5O4S. The number of nitro groups is 1. The molecule has 9 nitrogen and oxygen atoms in total.